The average molecular weight is 239 g/mol. The molecule has 1 aliphatic carbocycles. The van der Waals surface area contributed by atoms with E-state index in [9.17, 15) is 0 Å². The highest BCUT2D eigenvalue weighted by atomic mass is 32.1. The minimum Gasteiger partial charge on any atom is -0.345 e. The van der Waals surface area contributed by atoms with E-state index in [1.54, 1.807) is 11.3 Å². The Kier molecular flexibility index (Phi) is 4.18. The fourth-order valence-electron chi connectivity index (χ4n) is 1.84. The SMILES string of the molecule is CCCNCc1csc(N(CC)C2CC2)n1. The Hall–Kier alpha value is -0.610. The zero-order valence-electron chi connectivity index (χ0n) is 10.2. The van der Waals surface area contributed by atoms with Gasteiger partial charge < -0.3 is 10.2 Å². The number of nitrogens with zero attached hydrogens (tertiary/aromatic N) is 2. The van der Waals surface area contributed by atoms with Gasteiger partial charge in [0.2, 0.25) is 0 Å². The molecule has 0 saturated heterocycles. The van der Waals surface area contributed by atoms with Gasteiger partial charge in [-0.1, -0.05) is 6.92 Å². The molecule has 90 valence electrons. The van der Waals surface area contributed by atoms with Crippen LogP contribution in [0, 0.1) is 0 Å². The molecule has 0 bridgehead atoms. The van der Waals surface area contributed by atoms with E-state index in [2.05, 4.69) is 29.4 Å². The summed E-state index contributed by atoms with van der Waals surface area (Å²) in [5.41, 5.74) is 1.19. The lowest BCUT2D eigenvalue weighted by atomic mass is 10.4. The molecule has 1 N–H and O–H groups in total. The molecule has 0 atom stereocenters. The normalized spacial score (nSPS) is 15.4. The van der Waals surface area contributed by atoms with Gasteiger partial charge in [-0.15, -0.1) is 11.3 Å². The van der Waals surface area contributed by atoms with Crippen molar-refractivity contribution < 1.29 is 0 Å². The van der Waals surface area contributed by atoms with Crippen LogP contribution in [-0.2, 0) is 6.54 Å². The summed E-state index contributed by atoms with van der Waals surface area (Å²) >= 11 is 1.78. The van der Waals surface area contributed by atoms with E-state index in [-0.39, 0.29) is 0 Å². The Morgan fingerprint density at radius 2 is 2.31 bits per heavy atom. The molecular formula is C12H21N3S. The summed E-state index contributed by atoms with van der Waals surface area (Å²) in [6, 6.07) is 0.771. The van der Waals surface area contributed by atoms with Crippen LogP contribution in [0.4, 0.5) is 5.13 Å². The second kappa shape index (κ2) is 5.64. The van der Waals surface area contributed by atoms with Crippen molar-refractivity contribution in [1.82, 2.24) is 10.3 Å². The molecule has 1 heterocycles. The molecule has 0 spiro atoms. The maximum absolute atomic E-state index is 4.70. The molecule has 1 fully saturated rings. The number of nitrogens with one attached hydrogen (secondary N) is 1. The van der Waals surface area contributed by atoms with E-state index in [1.165, 1.54) is 30.1 Å². The van der Waals surface area contributed by atoms with Crippen LogP contribution >= 0.6 is 11.3 Å². The molecule has 16 heavy (non-hydrogen) atoms. The monoisotopic (exact) mass is 239 g/mol. The number of rotatable bonds is 7. The largest absolute Gasteiger partial charge is 0.345 e. The first-order valence-corrected chi connectivity index (χ1v) is 7.14. The van der Waals surface area contributed by atoms with Crippen molar-refractivity contribution in [2.75, 3.05) is 18.0 Å². The zero-order valence-corrected chi connectivity index (χ0v) is 11.0. The average Bonchev–Trinajstić information content (AvgIpc) is 3.01. The Balaban J connectivity index is 1.90. The third-order valence-electron chi connectivity index (χ3n) is 2.85. The highest BCUT2D eigenvalue weighted by Gasteiger charge is 2.29. The van der Waals surface area contributed by atoms with Gasteiger partial charge >= 0.3 is 0 Å². The summed E-state index contributed by atoms with van der Waals surface area (Å²) in [4.78, 5) is 7.13. The molecule has 0 amide bonds. The zero-order chi connectivity index (χ0) is 11.4. The fraction of sp³-hybridized carbons (Fsp3) is 0.750. The lowest BCUT2D eigenvalue weighted by molar-refractivity contribution is 0.665. The van der Waals surface area contributed by atoms with Crippen molar-refractivity contribution in [3.63, 3.8) is 0 Å². The predicted octanol–water partition coefficient (Wildman–Crippen LogP) is 2.63. The van der Waals surface area contributed by atoms with Crippen LogP contribution in [0.15, 0.2) is 5.38 Å². The van der Waals surface area contributed by atoms with Crippen molar-refractivity contribution in [2.24, 2.45) is 0 Å². The van der Waals surface area contributed by atoms with Gasteiger partial charge in [-0.2, -0.15) is 0 Å². The molecule has 1 aromatic rings. The van der Waals surface area contributed by atoms with E-state index >= 15 is 0 Å². The van der Waals surface area contributed by atoms with Crippen LogP contribution in [0.2, 0.25) is 0 Å². The Morgan fingerprint density at radius 3 is 2.94 bits per heavy atom. The van der Waals surface area contributed by atoms with E-state index in [4.69, 9.17) is 4.98 Å². The topological polar surface area (TPSA) is 28.2 Å². The van der Waals surface area contributed by atoms with Crippen molar-refractivity contribution in [2.45, 2.75) is 45.7 Å². The quantitative estimate of drug-likeness (QED) is 0.741. The van der Waals surface area contributed by atoms with E-state index in [1.807, 2.05) is 0 Å². The highest BCUT2D eigenvalue weighted by molar-refractivity contribution is 7.13. The minimum absolute atomic E-state index is 0.771. The third kappa shape index (κ3) is 2.95. The van der Waals surface area contributed by atoms with E-state index in [0.29, 0.717) is 0 Å². The summed E-state index contributed by atoms with van der Waals surface area (Å²) in [5, 5.41) is 6.78. The molecule has 4 heteroatoms. The lowest BCUT2D eigenvalue weighted by Crippen LogP contribution is -2.24. The van der Waals surface area contributed by atoms with Gasteiger partial charge in [0.15, 0.2) is 5.13 Å². The van der Waals surface area contributed by atoms with Gasteiger partial charge in [0.1, 0.15) is 0 Å². The van der Waals surface area contributed by atoms with Gasteiger partial charge in [-0.3, -0.25) is 0 Å². The summed E-state index contributed by atoms with van der Waals surface area (Å²) in [5.74, 6) is 0. The van der Waals surface area contributed by atoms with Crippen molar-refractivity contribution in [3.05, 3.63) is 11.1 Å². The molecule has 0 aromatic carbocycles. The second-order valence-corrected chi connectivity index (χ2v) is 5.15. The molecular weight excluding hydrogens is 218 g/mol. The molecule has 1 aromatic heterocycles. The Labute approximate surface area is 102 Å². The first-order chi connectivity index (χ1) is 7.85. The van der Waals surface area contributed by atoms with Crippen LogP contribution in [0.25, 0.3) is 0 Å². The standard InChI is InChI=1S/C12H21N3S/c1-3-7-13-8-10-9-16-12(14-10)15(4-2)11-5-6-11/h9,11,13H,3-8H2,1-2H3. The Bertz CT molecular complexity index is 320. The van der Waals surface area contributed by atoms with E-state index in [0.717, 1.165) is 25.7 Å². The highest BCUT2D eigenvalue weighted by Crippen LogP contribution is 2.33. The predicted molar refractivity (Wildman–Crippen MR) is 70.2 cm³/mol. The van der Waals surface area contributed by atoms with Crippen LogP contribution in [0.3, 0.4) is 0 Å². The van der Waals surface area contributed by atoms with Crippen molar-refractivity contribution in [3.8, 4) is 0 Å². The summed E-state index contributed by atoms with van der Waals surface area (Å²) in [6.45, 7) is 7.47. The smallest absolute Gasteiger partial charge is 0.185 e. The molecule has 0 aliphatic heterocycles. The van der Waals surface area contributed by atoms with Crippen LogP contribution < -0.4 is 10.2 Å². The first kappa shape index (κ1) is 11.9. The molecule has 1 aliphatic rings. The summed E-state index contributed by atoms with van der Waals surface area (Å²) in [6.07, 6.45) is 3.87. The molecule has 3 nitrogen and oxygen atoms in total. The number of thiazole rings is 1. The summed E-state index contributed by atoms with van der Waals surface area (Å²) in [7, 11) is 0. The number of hydrogen-bond donors (Lipinski definition) is 1. The molecule has 2 rings (SSSR count). The van der Waals surface area contributed by atoms with Gasteiger partial charge in [0.05, 0.1) is 5.69 Å². The maximum Gasteiger partial charge on any atom is 0.185 e. The maximum atomic E-state index is 4.70. The van der Waals surface area contributed by atoms with Gasteiger partial charge in [0.25, 0.3) is 0 Å². The summed E-state index contributed by atoms with van der Waals surface area (Å²) < 4.78 is 0. The molecule has 1 saturated carbocycles. The minimum atomic E-state index is 0.771. The first-order valence-electron chi connectivity index (χ1n) is 6.27. The van der Waals surface area contributed by atoms with Gasteiger partial charge in [-0.05, 0) is 32.7 Å². The van der Waals surface area contributed by atoms with Crippen LogP contribution in [-0.4, -0.2) is 24.1 Å². The molecule has 0 unspecified atom stereocenters. The van der Waals surface area contributed by atoms with Gasteiger partial charge in [0, 0.05) is 24.5 Å². The second-order valence-electron chi connectivity index (χ2n) is 4.32. The third-order valence-corrected chi connectivity index (χ3v) is 3.77. The van der Waals surface area contributed by atoms with E-state index < -0.39 is 0 Å². The number of aromatic nitrogens is 1. The van der Waals surface area contributed by atoms with Gasteiger partial charge in [-0.25, -0.2) is 4.98 Å². The fourth-order valence-corrected chi connectivity index (χ4v) is 2.80. The number of anilines is 1. The molecule has 0 radical (unpaired) electrons. The van der Waals surface area contributed by atoms with Crippen LogP contribution in [0.5, 0.6) is 0 Å². The lowest BCUT2D eigenvalue weighted by Gasteiger charge is -2.18. The van der Waals surface area contributed by atoms with Crippen LogP contribution in [0.1, 0.15) is 38.8 Å². The Morgan fingerprint density at radius 1 is 1.50 bits per heavy atom. The van der Waals surface area contributed by atoms with Crippen molar-refractivity contribution in [1.29, 1.82) is 0 Å². The number of hydrogen-bond acceptors (Lipinski definition) is 4. The van der Waals surface area contributed by atoms with Crippen molar-refractivity contribution >= 4 is 16.5 Å².